The number of nitrogens with zero attached hydrogens (tertiary/aromatic N) is 1. The maximum absolute atomic E-state index is 12.9. The molecule has 2 aromatic heterocycles. The molecule has 3 aromatic rings. The number of nitrogens with one attached hydrogen (secondary N) is 2. The molecule has 0 aliphatic heterocycles. The Morgan fingerprint density at radius 1 is 1.33 bits per heavy atom. The van der Waals surface area contributed by atoms with Gasteiger partial charge in [-0.05, 0) is 49.8 Å². The largest absolute Gasteiger partial charge is 0.497 e. The van der Waals surface area contributed by atoms with E-state index in [-0.39, 0.29) is 11.6 Å². The lowest BCUT2D eigenvalue weighted by atomic mass is 9.89. The maximum atomic E-state index is 12.9. The normalized spacial score (nSPS) is 18.1. The molecule has 1 aromatic carbocycles. The molecule has 0 spiro atoms. The summed E-state index contributed by atoms with van der Waals surface area (Å²) in [7, 11) is 5.43. The van der Waals surface area contributed by atoms with Gasteiger partial charge in [0.1, 0.15) is 28.9 Å². The van der Waals surface area contributed by atoms with Crippen LogP contribution in [0.15, 0.2) is 23.0 Å². The topological polar surface area (TPSA) is 68.7 Å². The third-order valence-corrected chi connectivity index (χ3v) is 7.44. The second-order valence-corrected chi connectivity index (χ2v) is 9.49. The first kappa shape index (κ1) is 20.9. The van der Waals surface area contributed by atoms with E-state index in [0.717, 1.165) is 58.9 Å². The third-order valence-electron chi connectivity index (χ3n) is 6.30. The average Bonchev–Trinajstić information content (AvgIpc) is 3.11. The van der Waals surface area contributed by atoms with E-state index in [1.54, 1.807) is 25.6 Å². The Labute approximate surface area is 180 Å². The Kier molecular flexibility index (Phi) is 5.84. The molecule has 0 saturated heterocycles. The number of ether oxygens (including phenoxy) is 2. The summed E-state index contributed by atoms with van der Waals surface area (Å²) in [5.41, 5.74) is 2.32. The molecule has 2 N–H and O–H groups in total. The van der Waals surface area contributed by atoms with Crippen LogP contribution in [0.5, 0.6) is 11.5 Å². The number of aryl methyl sites for hydroxylation is 1. The quantitative estimate of drug-likeness (QED) is 0.634. The van der Waals surface area contributed by atoms with E-state index in [1.807, 2.05) is 18.2 Å². The molecular formula is C23H30N3O3S+. The molecule has 1 aliphatic carbocycles. The second kappa shape index (κ2) is 8.40. The first-order valence-corrected chi connectivity index (χ1v) is 11.3. The first-order chi connectivity index (χ1) is 14.4. The monoisotopic (exact) mass is 428 g/mol. The van der Waals surface area contributed by atoms with E-state index in [9.17, 15) is 4.79 Å². The number of benzene rings is 1. The van der Waals surface area contributed by atoms with E-state index in [4.69, 9.17) is 14.5 Å². The average molecular weight is 429 g/mol. The van der Waals surface area contributed by atoms with Gasteiger partial charge in [-0.3, -0.25) is 4.79 Å². The highest BCUT2D eigenvalue weighted by molar-refractivity contribution is 7.18. The standard InChI is InChI=1S/C23H29N3O3S/c1-13-6-9-17-19(10-13)30-23-20(17)22(27)24-21(25-23)14(2)26(3)12-15-7-8-16(28-4)11-18(15)29-5/h7-8,11,13-14H,6,9-10,12H2,1-5H3,(H,24,25,27)/p+1/t13-,14+/m1/s1. The van der Waals surface area contributed by atoms with Gasteiger partial charge in [-0.25, -0.2) is 4.98 Å². The summed E-state index contributed by atoms with van der Waals surface area (Å²) in [5, 5.41) is 0.812. The molecule has 3 atom stereocenters. The van der Waals surface area contributed by atoms with Crippen molar-refractivity contribution in [3.05, 3.63) is 50.4 Å². The predicted octanol–water partition coefficient (Wildman–Crippen LogP) is 2.90. The minimum atomic E-state index is 0.00345. The molecule has 4 rings (SSSR count). The zero-order chi connectivity index (χ0) is 21.4. The number of fused-ring (bicyclic) bond motifs is 3. The van der Waals surface area contributed by atoms with Gasteiger partial charge in [-0.2, -0.15) is 0 Å². The van der Waals surface area contributed by atoms with E-state index in [2.05, 4.69) is 25.9 Å². The zero-order valence-corrected chi connectivity index (χ0v) is 19.1. The Bertz CT molecular complexity index is 1120. The number of hydrogen-bond donors (Lipinski definition) is 2. The minimum absolute atomic E-state index is 0.00345. The molecular weight excluding hydrogens is 398 g/mol. The van der Waals surface area contributed by atoms with Crippen molar-refractivity contribution < 1.29 is 14.4 Å². The molecule has 1 aliphatic rings. The van der Waals surface area contributed by atoms with Gasteiger partial charge in [0.25, 0.3) is 5.56 Å². The lowest BCUT2D eigenvalue weighted by molar-refractivity contribution is -0.924. The van der Waals surface area contributed by atoms with Crippen LogP contribution in [0.2, 0.25) is 0 Å². The summed E-state index contributed by atoms with van der Waals surface area (Å²) in [6.07, 6.45) is 3.19. The van der Waals surface area contributed by atoms with Gasteiger partial charge >= 0.3 is 0 Å². The van der Waals surface area contributed by atoms with E-state index >= 15 is 0 Å². The van der Waals surface area contributed by atoms with Gasteiger partial charge in [0.2, 0.25) is 0 Å². The lowest BCUT2D eigenvalue weighted by Crippen LogP contribution is -3.07. The molecule has 0 amide bonds. The van der Waals surface area contributed by atoms with E-state index in [1.165, 1.54) is 15.3 Å². The number of aromatic nitrogens is 2. The minimum Gasteiger partial charge on any atom is -0.497 e. The summed E-state index contributed by atoms with van der Waals surface area (Å²) < 4.78 is 10.8. The van der Waals surface area contributed by atoms with Crippen molar-refractivity contribution in [1.29, 1.82) is 0 Å². The molecule has 0 saturated carbocycles. The van der Waals surface area contributed by atoms with Crippen molar-refractivity contribution in [3.8, 4) is 11.5 Å². The highest BCUT2D eigenvalue weighted by Gasteiger charge is 2.26. The molecule has 2 heterocycles. The predicted molar refractivity (Wildman–Crippen MR) is 120 cm³/mol. The van der Waals surface area contributed by atoms with Gasteiger partial charge in [-0.1, -0.05) is 6.92 Å². The van der Waals surface area contributed by atoms with Crippen LogP contribution in [-0.2, 0) is 19.4 Å². The Hall–Kier alpha value is -2.38. The van der Waals surface area contributed by atoms with Crippen LogP contribution >= 0.6 is 11.3 Å². The van der Waals surface area contributed by atoms with Crippen LogP contribution in [0.1, 0.15) is 48.1 Å². The van der Waals surface area contributed by atoms with Gasteiger partial charge in [-0.15, -0.1) is 11.3 Å². The Balaban J connectivity index is 1.61. The van der Waals surface area contributed by atoms with Crippen molar-refractivity contribution in [2.45, 2.75) is 45.7 Å². The third kappa shape index (κ3) is 3.84. The highest BCUT2D eigenvalue weighted by Crippen LogP contribution is 2.35. The number of aromatic amines is 1. The van der Waals surface area contributed by atoms with Gasteiger partial charge < -0.3 is 19.4 Å². The van der Waals surface area contributed by atoms with Crippen molar-refractivity contribution in [2.24, 2.45) is 5.92 Å². The van der Waals surface area contributed by atoms with E-state index in [0.29, 0.717) is 5.92 Å². The van der Waals surface area contributed by atoms with Crippen LogP contribution in [0.3, 0.4) is 0 Å². The summed E-state index contributed by atoms with van der Waals surface area (Å²) >= 11 is 1.70. The SMILES string of the molecule is COc1ccc(C[NH+](C)[C@@H](C)c2nc3sc4c(c3c(=O)[nH]2)CC[C@@H](C)C4)c(OC)c1. The smallest absolute Gasteiger partial charge is 0.260 e. The molecule has 0 radical (unpaired) electrons. The summed E-state index contributed by atoms with van der Waals surface area (Å²) in [4.78, 5) is 24.4. The van der Waals surface area contributed by atoms with Crippen LogP contribution in [0.25, 0.3) is 10.2 Å². The summed E-state index contributed by atoms with van der Waals surface area (Å²) in [5.74, 6) is 2.99. The van der Waals surface area contributed by atoms with Crippen molar-refractivity contribution in [3.63, 3.8) is 0 Å². The number of H-pyrrole nitrogens is 1. The van der Waals surface area contributed by atoms with Crippen LogP contribution in [-0.4, -0.2) is 31.2 Å². The number of methoxy groups -OCH3 is 2. The number of rotatable bonds is 6. The zero-order valence-electron chi connectivity index (χ0n) is 18.3. The number of hydrogen-bond acceptors (Lipinski definition) is 5. The highest BCUT2D eigenvalue weighted by atomic mass is 32.1. The van der Waals surface area contributed by atoms with E-state index < -0.39 is 0 Å². The molecule has 7 heteroatoms. The summed E-state index contributed by atoms with van der Waals surface area (Å²) in [6.45, 7) is 5.13. The maximum Gasteiger partial charge on any atom is 0.260 e. The Morgan fingerprint density at radius 3 is 2.87 bits per heavy atom. The van der Waals surface area contributed by atoms with Gasteiger partial charge in [0.15, 0.2) is 5.82 Å². The lowest BCUT2D eigenvalue weighted by Gasteiger charge is -2.22. The molecule has 0 bridgehead atoms. The van der Waals surface area contributed by atoms with Crippen molar-refractivity contribution >= 4 is 21.6 Å². The number of quaternary nitrogens is 1. The molecule has 30 heavy (non-hydrogen) atoms. The first-order valence-electron chi connectivity index (χ1n) is 10.5. The summed E-state index contributed by atoms with van der Waals surface area (Å²) in [6, 6.07) is 5.91. The van der Waals surface area contributed by atoms with Gasteiger partial charge in [0.05, 0.1) is 26.7 Å². The van der Waals surface area contributed by atoms with Crippen molar-refractivity contribution in [1.82, 2.24) is 9.97 Å². The van der Waals surface area contributed by atoms with Crippen LogP contribution in [0, 0.1) is 5.92 Å². The molecule has 6 nitrogen and oxygen atoms in total. The molecule has 160 valence electrons. The fourth-order valence-corrected chi connectivity index (χ4v) is 5.65. The molecule has 0 fully saturated rings. The Morgan fingerprint density at radius 2 is 2.13 bits per heavy atom. The van der Waals surface area contributed by atoms with Crippen molar-refractivity contribution in [2.75, 3.05) is 21.3 Å². The number of thiophene rings is 1. The second-order valence-electron chi connectivity index (χ2n) is 8.41. The van der Waals surface area contributed by atoms with Crippen LogP contribution in [0.4, 0.5) is 0 Å². The van der Waals surface area contributed by atoms with Gasteiger partial charge in [0, 0.05) is 16.5 Å². The fourth-order valence-electron chi connectivity index (χ4n) is 4.26. The molecule has 1 unspecified atom stereocenters. The fraction of sp³-hybridized carbons (Fsp3) is 0.478. The van der Waals surface area contributed by atoms with Crippen LogP contribution < -0.4 is 19.9 Å².